The molecule has 1 aromatic carbocycles. The summed E-state index contributed by atoms with van der Waals surface area (Å²) in [5.74, 6) is -0.0928. The predicted molar refractivity (Wildman–Crippen MR) is 57.6 cm³/mol. The second-order valence-corrected chi connectivity index (χ2v) is 3.72. The van der Waals surface area contributed by atoms with Crippen molar-refractivity contribution in [2.24, 2.45) is 0 Å². The van der Waals surface area contributed by atoms with E-state index in [9.17, 15) is 4.79 Å². The maximum absolute atomic E-state index is 10.8. The zero-order valence-electron chi connectivity index (χ0n) is 7.52. The lowest BCUT2D eigenvalue weighted by atomic mass is 10.2. The van der Waals surface area contributed by atoms with Gasteiger partial charge < -0.3 is 11.1 Å². The number of amides is 1. The standard InChI is InChI=1S/C9H11BrN2O/c1-5-3-7(10)8(11)4-9(5)12-6(2)13/h3-4H,11H2,1-2H3,(H,12,13). The average molecular weight is 243 g/mol. The zero-order chi connectivity index (χ0) is 10.0. The number of aryl methyl sites for hydroxylation is 1. The average Bonchev–Trinajstić information content (AvgIpc) is 1.99. The van der Waals surface area contributed by atoms with Crippen LogP contribution in [0.1, 0.15) is 12.5 Å². The summed E-state index contributed by atoms with van der Waals surface area (Å²) in [7, 11) is 0. The first-order valence-corrected chi connectivity index (χ1v) is 4.63. The van der Waals surface area contributed by atoms with Crippen LogP contribution < -0.4 is 11.1 Å². The molecule has 0 atom stereocenters. The molecule has 3 nitrogen and oxygen atoms in total. The van der Waals surface area contributed by atoms with Crippen molar-refractivity contribution in [3.05, 3.63) is 22.2 Å². The van der Waals surface area contributed by atoms with Crippen LogP contribution in [0.25, 0.3) is 0 Å². The first-order valence-electron chi connectivity index (χ1n) is 3.84. The summed E-state index contributed by atoms with van der Waals surface area (Å²) in [5.41, 5.74) is 8.03. The van der Waals surface area contributed by atoms with Crippen LogP contribution in [0, 0.1) is 6.92 Å². The Kier molecular flexibility index (Phi) is 2.93. The fourth-order valence-electron chi connectivity index (χ4n) is 1.01. The molecular weight excluding hydrogens is 232 g/mol. The molecule has 3 N–H and O–H groups in total. The van der Waals surface area contributed by atoms with Gasteiger partial charge in [-0.15, -0.1) is 0 Å². The van der Waals surface area contributed by atoms with Crippen LogP contribution >= 0.6 is 15.9 Å². The summed E-state index contributed by atoms with van der Waals surface area (Å²) in [6.45, 7) is 3.38. The summed E-state index contributed by atoms with van der Waals surface area (Å²) < 4.78 is 0.846. The zero-order valence-corrected chi connectivity index (χ0v) is 9.10. The van der Waals surface area contributed by atoms with Gasteiger partial charge in [-0.1, -0.05) is 0 Å². The van der Waals surface area contributed by atoms with E-state index in [1.165, 1.54) is 6.92 Å². The number of nitrogens with one attached hydrogen (secondary N) is 1. The number of benzene rings is 1. The lowest BCUT2D eigenvalue weighted by Gasteiger charge is -2.08. The van der Waals surface area contributed by atoms with Crippen molar-refractivity contribution in [2.45, 2.75) is 13.8 Å². The molecule has 0 bridgehead atoms. The minimum absolute atomic E-state index is 0.0928. The molecule has 13 heavy (non-hydrogen) atoms. The Morgan fingerprint density at radius 1 is 1.54 bits per heavy atom. The van der Waals surface area contributed by atoms with Crippen molar-refractivity contribution in [3.63, 3.8) is 0 Å². The first-order chi connectivity index (χ1) is 6.00. The second-order valence-electron chi connectivity index (χ2n) is 2.87. The molecule has 1 rings (SSSR count). The Hall–Kier alpha value is -1.03. The number of halogens is 1. The van der Waals surface area contributed by atoms with E-state index in [1.807, 2.05) is 13.0 Å². The van der Waals surface area contributed by atoms with Crippen molar-refractivity contribution >= 4 is 33.2 Å². The molecule has 1 aromatic rings. The first kappa shape index (κ1) is 10.1. The maximum Gasteiger partial charge on any atom is 0.221 e. The van der Waals surface area contributed by atoms with Crippen LogP contribution in [0.5, 0.6) is 0 Å². The van der Waals surface area contributed by atoms with E-state index < -0.39 is 0 Å². The molecule has 0 heterocycles. The Morgan fingerprint density at radius 2 is 2.15 bits per heavy atom. The normalized spacial score (nSPS) is 9.77. The third-order valence-electron chi connectivity index (χ3n) is 1.65. The lowest BCUT2D eigenvalue weighted by molar-refractivity contribution is -0.114. The smallest absolute Gasteiger partial charge is 0.221 e. The van der Waals surface area contributed by atoms with Crippen molar-refractivity contribution < 1.29 is 4.79 Å². The van der Waals surface area contributed by atoms with Gasteiger partial charge in [0.1, 0.15) is 0 Å². The van der Waals surface area contributed by atoms with Gasteiger partial charge in [0.2, 0.25) is 5.91 Å². The molecule has 0 aliphatic heterocycles. The number of hydrogen-bond donors (Lipinski definition) is 2. The quantitative estimate of drug-likeness (QED) is 0.743. The van der Waals surface area contributed by atoms with Crippen LogP contribution in [-0.4, -0.2) is 5.91 Å². The van der Waals surface area contributed by atoms with Gasteiger partial charge in [0.15, 0.2) is 0 Å². The molecule has 0 aliphatic rings. The molecule has 0 aromatic heterocycles. The van der Waals surface area contributed by atoms with Crippen LogP contribution in [0.4, 0.5) is 11.4 Å². The van der Waals surface area contributed by atoms with Gasteiger partial charge in [-0.25, -0.2) is 0 Å². The molecular formula is C9H11BrN2O. The Bertz CT molecular complexity index is 350. The Labute approximate surface area is 85.4 Å². The molecule has 1 amide bonds. The minimum Gasteiger partial charge on any atom is -0.398 e. The highest BCUT2D eigenvalue weighted by Gasteiger charge is 2.03. The van der Waals surface area contributed by atoms with Crippen molar-refractivity contribution in [2.75, 3.05) is 11.1 Å². The van der Waals surface area contributed by atoms with Crippen LogP contribution in [0.3, 0.4) is 0 Å². The molecule has 0 spiro atoms. The molecule has 70 valence electrons. The molecule has 0 saturated carbocycles. The van der Waals surface area contributed by atoms with Gasteiger partial charge in [-0.05, 0) is 40.5 Å². The van der Waals surface area contributed by atoms with Gasteiger partial charge in [-0.2, -0.15) is 0 Å². The van der Waals surface area contributed by atoms with E-state index in [0.717, 1.165) is 15.7 Å². The third kappa shape index (κ3) is 2.45. The molecule has 0 radical (unpaired) electrons. The number of rotatable bonds is 1. The summed E-state index contributed by atoms with van der Waals surface area (Å²) in [4.78, 5) is 10.8. The van der Waals surface area contributed by atoms with Crippen molar-refractivity contribution in [1.29, 1.82) is 0 Å². The van der Waals surface area contributed by atoms with E-state index in [4.69, 9.17) is 5.73 Å². The van der Waals surface area contributed by atoms with E-state index >= 15 is 0 Å². The Balaban J connectivity index is 3.08. The molecule has 0 aliphatic carbocycles. The van der Waals surface area contributed by atoms with Gasteiger partial charge in [0.05, 0.1) is 0 Å². The summed E-state index contributed by atoms with van der Waals surface area (Å²) in [6.07, 6.45) is 0. The summed E-state index contributed by atoms with van der Waals surface area (Å²) >= 11 is 3.31. The van der Waals surface area contributed by atoms with Crippen molar-refractivity contribution in [3.8, 4) is 0 Å². The monoisotopic (exact) mass is 242 g/mol. The predicted octanol–water partition coefficient (Wildman–Crippen LogP) is 2.30. The van der Waals surface area contributed by atoms with Gasteiger partial charge in [0, 0.05) is 22.8 Å². The third-order valence-corrected chi connectivity index (χ3v) is 2.34. The summed E-state index contributed by atoms with van der Waals surface area (Å²) in [6, 6.07) is 3.61. The van der Waals surface area contributed by atoms with Crippen LogP contribution in [0.2, 0.25) is 0 Å². The van der Waals surface area contributed by atoms with E-state index in [0.29, 0.717) is 5.69 Å². The van der Waals surface area contributed by atoms with E-state index in [-0.39, 0.29) is 5.91 Å². The fourth-order valence-corrected chi connectivity index (χ4v) is 1.47. The van der Waals surface area contributed by atoms with Gasteiger partial charge in [0.25, 0.3) is 0 Å². The number of carbonyl (C=O) groups excluding carboxylic acids is 1. The highest BCUT2D eigenvalue weighted by atomic mass is 79.9. The highest BCUT2D eigenvalue weighted by molar-refractivity contribution is 9.10. The number of anilines is 2. The largest absolute Gasteiger partial charge is 0.398 e. The fraction of sp³-hybridized carbons (Fsp3) is 0.222. The van der Waals surface area contributed by atoms with Crippen LogP contribution in [0.15, 0.2) is 16.6 Å². The number of hydrogen-bond acceptors (Lipinski definition) is 2. The molecule has 0 saturated heterocycles. The van der Waals surface area contributed by atoms with Gasteiger partial charge in [-0.3, -0.25) is 4.79 Å². The van der Waals surface area contributed by atoms with Crippen LogP contribution in [-0.2, 0) is 4.79 Å². The molecule has 4 heteroatoms. The topological polar surface area (TPSA) is 55.1 Å². The maximum atomic E-state index is 10.8. The highest BCUT2D eigenvalue weighted by Crippen LogP contribution is 2.26. The van der Waals surface area contributed by atoms with Crippen molar-refractivity contribution in [1.82, 2.24) is 0 Å². The lowest BCUT2D eigenvalue weighted by Crippen LogP contribution is -2.07. The SMILES string of the molecule is CC(=O)Nc1cc(N)c(Br)cc1C. The van der Waals surface area contributed by atoms with Gasteiger partial charge >= 0.3 is 0 Å². The molecule has 0 unspecified atom stereocenters. The molecule has 0 fully saturated rings. The number of nitrogen functional groups attached to an aromatic ring is 1. The second kappa shape index (κ2) is 3.79. The van der Waals surface area contributed by atoms with E-state index in [2.05, 4.69) is 21.2 Å². The van der Waals surface area contributed by atoms with E-state index in [1.54, 1.807) is 6.07 Å². The minimum atomic E-state index is -0.0928. The number of carbonyl (C=O) groups is 1. The Morgan fingerprint density at radius 3 is 2.69 bits per heavy atom. The summed E-state index contributed by atoms with van der Waals surface area (Å²) in [5, 5.41) is 2.70. The number of nitrogens with two attached hydrogens (primary N) is 1.